The van der Waals surface area contributed by atoms with E-state index in [0.717, 1.165) is 5.56 Å². The van der Waals surface area contributed by atoms with Crippen LogP contribution in [0.1, 0.15) is 17.4 Å². The Morgan fingerprint density at radius 2 is 2.50 bits per heavy atom. The highest BCUT2D eigenvalue weighted by Gasteiger charge is 2.12. The summed E-state index contributed by atoms with van der Waals surface area (Å²) in [4.78, 5) is 0. The summed E-state index contributed by atoms with van der Waals surface area (Å²) in [5.74, 6) is 0. The number of nitrogens with zero attached hydrogens (tertiary/aromatic N) is 2. The van der Waals surface area contributed by atoms with Gasteiger partial charge in [-0.25, -0.2) is 0 Å². The standard InChI is InChI=1S/C7H7N3OS/c11-7(5-3-8-9-4-5)6-1-2-12-10-6/h1-4,7,11H,(H,8,9). The maximum Gasteiger partial charge on any atom is 0.125 e. The van der Waals surface area contributed by atoms with Crippen LogP contribution in [-0.4, -0.2) is 19.7 Å². The Kier molecular flexibility index (Phi) is 1.89. The molecule has 2 aromatic rings. The number of aromatic nitrogens is 3. The van der Waals surface area contributed by atoms with Crippen molar-refractivity contribution in [3.05, 3.63) is 35.1 Å². The fraction of sp³-hybridized carbons (Fsp3) is 0.143. The molecule has 62 valence electrons. The summed E-state index contributed by atoms with van der Waals surface area (Å²) in [5, 5.41) is 17.9. The molecule has 0 aliphatic rings. The predicted molar refractivity (Wildman–Crippen MR) is 44.8 cm³/mol. The van der Waals surface area contributed by atoms with Crippen LogP contribution in [0, 0.1) is 0 Å². The Hall–Kier alpha value is -1.20. The Bertz CT molecular complexity index is 295. The van der Waals surface area contributed by atoms with Crippen molar-refractivity contribution in [2.24, 2.45) is 0 Å². The lowest BCUT2D eigenvalue weighted by Crippen LogP contribution is -1.97. The van der Waals surface area contributed by atoms with Gasteiger partial charge < -0.3 is 5.11 Å². The Morgan fingerprint density at radius 3 is 3.08 bits per heavy atom. The highest BCUT2D eigenvalue weighted by atomic mass is 32.1. The fourth-order valence-electron chi connectivity index (χ4n) is 0.944. The van der Waals surface area contributed by atoms with Crippen molar-refractivity contribution in [2.45, 2.75) is 6.10 Å². The quantitative estimate of drug-likeness (QED) is 0.725. The molecule has 2 N–H and O–H groups in total. The van der Waals surface area contributed by atoms with Gasteiger partial charge in [-0.2, -0.15) is 9.47 Å². The number of hydrogen-bond donors (Lipinski definition) is 2. The van der Waals surface area contributed by atoms with Crippen LogP contribution < -0.4 is 0 Å². The molecule has 0 amide bonds. The van der Waals surface area contributed by atoms with Crippen molar-refractivity contribution in [3.63, 3.8) is 0 Å². The summed E-state index contributed by atoms with van der Waals surface area (Å²) in [7, 11) is 0. The number of aliphatic hydroxyl groups is 1. The van der Waals surface area contributed by atoms with Gasteiger partial charge in [0.15, 0.2) is 0 Å². The number of nitrogens with one attached hydrogen (secondary N) is 1. The van der Waals surface area contributed by atoms with Gasteiger partial charge in [-0.1, -0.05) is 0 Å². The van der Waals surface area contributed by atoms with Crippen LogP contribution in [0.5, 0.6) is 0 Å². The SMILES string of the molecule is OC(c1cn[nH]c1)c1ccsn1. The Balaban J connectivity index is 2.27. The van der Waals surface area contributed by atoms with Gasteiger partial charge in [-0.3, -0.25) is 5.10 Å². The van der Waals surface area contributed by atoms with Crippen molar-refractivity contribution in [2.75, 3.05) is 0 Å². The van der Waals surface area contributed by atoms with Crippen LogP contribution in [0.3, 0.4) is 0 Å². The van der Waals surface area contributed by atoms with Crippen LogP contribution in [0.15, 0.2) is 23.8 Å². The predicted octanol–water partition coefficient (Wildman–Crippen LogP) is 0.948. The molecule has 0 aromatic carbocycles. The van der Waals surface area contributed by atoms with E-state index in [0.29, 0.717) is 5.69 Å². The summed E-state index contributed by atoms with van der Waals surface area (Å²) < 4.78 is 4.02. The van der Waals surface area contributed by atoms with Gasteiger partial charge in [0.1, 0.15) is 6.10 Å². The number of H-pyrrole nitrogens is 1. The normalized spacial score (nSPS) is 13.1. The van der Waals surface area contributed by atoms with E-state index < -0.39 is 6.10 Å². The van der Waals surface area contributed by atoms with Gasteiger partial charge in [0, 0.05) is 17.1 Å². The summed E-state index contributed by atoms with van der Waals surface area (Å²) in [6.45, 7) is 0. The molecule has 0 saturated carbocycles. The van der Waals surface area contributed by atoms with E-state index in [4.69, 9.17) is 0 Å². The molecule has 4 nitrogen and oxygen atoms in total. The number of hydrogen-bond acceptors (Lipinski definition) is 4. The number of aliphatic hydroxyl groups excluding tert-OH is 1. The minimum absolute atomic E-state index is 0.657. The van der Waals surface area contributed by atoms with Crippen LogP contribution in [-0.2, 0) is 0 Å². The maximum absolute atomic E-state index is 9.65. The molecule has 0 spiro atoms. The molecule has 2 heterocycles. The van der Waals surface area contributed by atoms with Gasteiger partial charge in [0.2, 0.25) is 0 Å². The third-order valence-corrected chi connectivity index (χ3v) is 2.15. The first-order valence-electron chi connectivity index (χ1n) is 3.45. The lowest BCUT2D eigenvalue weighted by Gasteiger charge is -2.02. The average Bonchev–Trinajstić information content (AvgIpc) is 2.77. The van der Waals surface area contributed by atoms with Crippen molar-refractivity contribution >= 4 is 11.5 Å². The molecule has 1 atom stereocenters. The summed E-state index contributed by atoms with van der Waals surface area (Å²) in [6.07, 6.45) is 2.59. The Labute approximate surface area is 73.0 Å². The zero-order valence-corrected chi connectivity index (χ0v) is 6.95. The molecular formula is C7H7N3OS. The average molecular weight is 181 g/mol. The minimum Gasteiger partial charge on any atom is -0.382 e. The van der Waals surface area contributed by atoms with Crippen molar-refractivity contribution in [1.29, 1.82) is 0 Å². The van der Waals surface area contributed by atoms with E-state index in [1.165, 1.54) is 11.5 Å². The van der Waals surface area contributed by atoms with E-state index in [2.05, 4.69) is 14.6 Å². The lowest BCUT2D eigenvalue weighted by molar-refractivity contribution is 0.216. The molecule has 0 saturated heterocycles. The van der Waals surface area contributed by atoms with Gasteiger partial charge in [-0.15, -0.1) is 0 Å². The molecule has 0 fully saturated rings. The second kappa shape index (κ2) is 3.04. The highest BCUT2D eigenvalue weighted by Crippen LogP contribution is 2.19. The van der Waals surface area contributed by atoms with Crippen molar-refractivity contribution in [3.8, 4) is 0 Å². The first-order valence-corrected chi connectivity index (χ1v) is 4.28. The van der Waals surface area contributed by atoms with Crippen LogP contribution in [0.4, 0.5) is 0 Å². The van der Waals surface area contributed by atoms with Gasteiger partial charge >= 0.3 is 0 Å². The second-order valence-corrected chi connectivity index (χ2v) is 3.02. The highest BCUT2D eigenvalue weighted by molar-refractivity contribution is 7.03. The summed E-state index contributed by atoms with van der Waals surface area (Å²) in [5.41, 5.74) is 1.40. The molecule has 1 unspecified atom stereocenters. The molecule has 12 heavy (non-hydrogen) atoms. The third kappa shape index (κ3) is 1.24. The van der Waals surface area contributed by atoms with Gasteiger partial charge in [-0.05, 0) is 17.6 Å². The summed E-state index contributed by atoms with van der Waals surface area (Å²) in [6, 6.07) is 1.79. The van der Waals surface area contributed by atoms with Crippen molar-refractivity contribution in [1.82, 2.24) is 14.6 Å². The Morgan fingerprint density at radius 1 is 1.58 bits per heavy atom. The van der Waals surface area contributed by atoms with Gasteiger partial charge in [0.05, 0.1) is 11.9 Å². The van der Waals surface area contributed by atoms with Crippen LogP contribution in [0.25, 0.3) is 0 Å². The zero-order chi connectivity index (χ0) is 8.39. The maximum atomic E-state index is 9.65. The third-order valence-electron chi connectivity index (χ3n) is 1.57. The molecule has 5 heteroatoms. The van der Waals surface area contributed by atoms with Crippen LogP contribution in [0.2, 0.25) is 0 Å². The fourth-order valence-corrected chi connectivity index (χ4v) is 1.49. The van der Waals surface area contributed by atoms with E-state index in [-0.39, 0.29) is 0 Å². The van der Waals surface area contributed by atoms with Crippen molar-refractivity contribution < 1.29 is 5.11 Å². The lowest BCUT2D eigenvalue weighted by atomic mass is 10.1. The van der Waals surface area contributed by atoms with E-state index >= 15 is 0 Å². The second-order valence-electron chi connectivity index (χ2n) is 2.36. The van der Waals surface area contributed by atoms with E-state index in [1.807, 2.05) is 5.38 Å². The molecule has 0 aliphatic carbocycles. The zero-order valence-electron chi connectivity index (χ0n) is 6.14. The topological polar surface area (TPSA) is 61.8 Å². The van der Waals surface area contributed by atoms with Gasteiger partial charge in [0.25, 0.3) is 0 Å². The monoisotopic (exact) mass is 181 g/mol. The molecule has 2 rings (SSSR count). The summed E-state index contributed by atoms with van der Waals surface area (Å²) >= 11 is 1.32. The number of rotatable bonds is 2. The van der Waals surface area contributed by atoms with E-state index in [9.17, 15) is 5.11 Å². The molecule has 0 aliphatic heterocycles. The smallest absolute Gasteiger partial charge is 0.125 e. The molecule has 2 aromatic heterocycles. The number of aromatic amines is 1. The largest absolute Gasteiger partial charge is 0.382 e. The molecule has 0 bridgehead atoms. The van der Waals surface area contributed by atoms with Crippen LogP contribution >= 0.6 is 11.5 Å². The molecular weight excluding hydrogens is 174 g/mol. The van der Waals surface area contributed by atoms with E-state index in [1.54, 1.807) is 18.5 Å². The first kappa shape index (κ1) is 7.45. The molecule has 0 radical (unpaired) electrons. The minimum atomic E-state index is -0.657. The first-order chi connectivity index (χ1) is 5.88.